The molecule has 0 amide bonds. The molecule has 1 atom stereocenters. The summed E-state index contributed by atoms with van der Waals surface area (Å²) in [5.41, 5.74) is 1.99. The predicted octanol–water partition coefficient (Wildman–Crippen LogP) is 3.08. The van der Waals surface area contributed by atoms with Gasteiger partial charge in [0.1, 0.15) is 0 Å². The van der Waals surface area contributed by atoms with Crippen LogP contribution in [-0.2, 0) is 6.54 Å². The van der Waals surface area contributed by atoms with Gasteiger partial charge in [0.05, 0.1) is 7.11 Å². The molecule has 2 aromatic rings. The maximum atomic E-state index is 13.6. The van der Waals surface area contributed by atoms with E-state index in [-0.39, 0.29) is 17.6 Å². The Morgan fingerprint density at radius 3 is 2.84 bits per heavy atom. The first-order chi connectivity index (χ1) is 9.20. The predicted molar refractivity (Wildman–Crippen MR) is 72.4 cm³/mol. The second-order valence-corrected chi connectivity index (χ2v) is 4.36. The fourth-order valence-electron chi connectivity index (χ4n) is 1.84. The number of methoxy groups -OCH3 is 1. The number of ether oxygens (including phenoxy) is 1. The van der Waals surface area contributed by atoms with Gasteiger partial charge in [-0.2, -0.15) is 0 Å². The molecule has 100 valence electrons. The van der Waals surface area contributed by atoms with Crippen molar-refractivity contribution in [1.29, 1.82) is 0 Å². The van der Waals surface area contributed by atoms with Crippen LogP contribution in [0.1, 0.15) is 24.1 Å². The van der Waals surface area contributed by atoms with Gasteiger partial charge in [-0.1, -0.05) is 12.1 Å². The van der Waals surface area contributed by atoms with Crippen LogP contribution in [0.3, 0.4) is 0 Å². The molecule has 1 heterocycles. The molecule has 0 spiro atoms. The van der Waals surface area contributed by atoms with Crippen LogP contribution in [0.15, 0.2) is 42.7 Å². The average molecular weight is 260 g/mol. The molecule has 0 aliphatic heterocycles. The van der Waals surface area contributed by atoms with E-state index in [9.17, 15) is 4.39 Å². The smallest absolute Gasteiger partial charge is 0.165 e. The standard InChI is InChI=1S/C15H17FN2O/c1-11(18-10-12-4-3-7-17-9-12)13-5-6-15(19-2)14(16)8-13/h3-9,11,18H,10H2,1-2H3/t11-/m1/s1. The van der Waals surface area contributed by atoms with Gasteiger partial charge in [-0.25, -0.2) is 4.39 Å². The Bertz CT molecular complexity index is 531. The third kappa shape index (κ3) is 3.51. The van der Waals surface area contributed by atoms with Crippen LogP contribution in [0.4, 0.5) is 4.39 Å². The quantitative estimate of drug-likeness (QED) is 0.897. The second-order valence-electron chi connectivity index (χ2n) is 4.36. The molecule has 0 radical (unpaired) electrons. The van der Waals surface area contributed by atoms with Crippen LogP contribution >= 0.6 is 0 Å². The van der Waals surface area contributed by atoms with E-state index in [0.717, 1.165) is 11.1 Å². The number of rotatable bonds is 5. The van der Waals surface area contributed by atoms with E-state index in [2.05, 4.69) is 10.3 Å². The Kier molecular flexibility index (Phi) is 4.47. The molecule has 2 rings (SSSR count). The zero-order valence-corrected chi connectivity index (χ0v) is 11.1. The zero-order valence-electron chi connectivity index (χ0n) is 11.1. The van der Waals surface area contributed by atoms with Crippen LogP contribution in [0.5, 0.6) is 5.75 Å². The summed E-state index contributed by atoms with van der Waals surface area (Å²) in [6.45, 7) is 2.69. The fraction of sp³-hybridized carbons (Fsp3) is 0.267. The van der Waals surface area contributed by atoms with Gasteiger partial charge in [0.15, 0.2) is 11.6 Å². The van der Waals surface area contributed by atoms with E-state index in [1.165, 1.54) is 13.2 Å². The maximum absolute atomic E-state index is 13.6. The van der Waals surface area contributed by atoms with Gasteiger partial charge in [0.25, 0.3) is 0 Å². The second kappa shape index (κ2) is 6.29. The molecule has 0 saturated heterocycles. The van der Waals surface area contributed by atoms with E-state index in [1.807, 2.05) is 31.3 Å². The Morgan fingerprint density at radius 2 is 2.21 bits per heavy atom. The summed E-state index contributed by atoms with van der Waals surface area (Å²) in [6.07, 6.45) is 3.56. The summed E-state index contributed by atoms with van der Waals surface area (Å²) >= 11 is 0. The van der Waals surface area contributed by atoms with Crippen molar-refractivity contribution in [2.75, 3.05) is 7.11 Å². The lowest BCUT2D eigenvalue weighted by Gasteiger charge is -2.15. The number of nitrogens with zero attached hydrogens (tertiary/aromatic N) is 1. The number of benzene rings is 1. The molecule has 0 saturated carbocycles. The molecule has 4 heteroatoms. The van der Waals surface area contributed by atoms with E-state index < -0.39 is 0 Å². The SMILES string of the molecule is COc1ccc([C@@H](C)NCc2cccnc2)cc1F. The van der Waals surface area contributed by atoms with Gasteiger partial charge in [0.2, 0.25) is 0 Å². The monoisotopic (exact) mass is 260 g/mol. The van der Waals surface area contributed by atoms with Crippen LogP contribution < -0.4 is 10.1 Å². The Morgan fingerprint density at radius 1 is 1.37 bits per heavy atom. The average Bonchev–Trinajstić information content (AvgIpc) is 2.45. The molecule has 1 N–H and O–H groups in total. The topological polar surface area (TPSA) is 34.1 Å². The molecule has 0 aliphatic carbocycles. The Balaban J connectivity index is 2.00. The van der Waals surface area contributed by atoms with Gasteiger partial charge in [-0.05, 0) is 36.2 Å². The fourth-order valence-corrected chi connectivity index (χ4v) is 1.84. The summed E-state index contributed by atoms with van der Waals surface area (Å²) in [7, 11) is 1.46. The minimum atomic E-state index is -0.338. The lowest BCUT2D eigenvalue weighted by atomic mass is 10.1. The van der Waals surface area contributed by atoms with Gasteiger partial charge in [-0.3, -0.25) is 4.98 Å². The molecule has 0 bridgehead atoms. The van der Waals surface area contributed by atoms with Crippen molar-refractivity contribution in [3.63, 3.8) is 0 Å². The molecular formula is C15H17FN2O. The summed E-state index contributed by atoms with van der Waals surface area (Å²) < 4.78 is 18.5. The number of hydrogen-bond acceptors (Lipinski definition) is 3. The highest BCUT2D eigenvalue weighted by atomic mass is 19.1. The largest absolute Gasteiger partial charge is 0.494 e. The van der Waals surface area contributed by atoms with Crippen LogP contribution in [0.25, 0.3) is 0 Å². The number of aromatic nitrogens is 1. The molecule has 0 unspecified atom stereocenters. The number of pyridine rings is 1. The van der Waals surface area contributed by atoms with Gasteiger partial charge in [-0.15, -0.1) is 0 Å². The van der Waals surface area contributed by atoms with Crippen LogP contribution in [0, 0.1) is 5.82 Å². The molecule has 19 heavy (non-hydrogen) atoms. The highest BCUT2D eigenvalue weighted by molar-refractivity contribution is 5.30. The first kappa shape index (κ1) is 13.5. The van der Waals surface area contributed by atoms with Crippen molar-refractivity contribution in [1.82, 2.24) is 10.3 Å². The maximum Gasteiger partial charge on any atom is 0.165 e. The minimum Gasteiger partial charge on any atom is -0.494 e. The molecule has 1 aromatic carbocycles. The number of hydrogen-bond donors (Lipinski definition) is 1. The Labute approximate surface area is 112 Å². The van der Waals surface area contributed by atoms with E-state index in [4.69, 9.17) is 4.74 Å². The van der Waals surface area contributed by atoms with E-state index in [1.54, 1.807) is 12.3 Å². The summed E-state index contributed by atoms with van der Waals surface area (Å²) in [4.78, 5) is 4.06. The first-order valence-corrected chi connectivity index (χ1v) is 6.16. The van der Waals surface area contributed by atoms with Gasteiger partial charge >= 0.3 is 0 Å². The van der Waals surface area contributed by atoms with Gasteiger partial charge < -0.3 is 10.1 Å². The van der Waals surface area contributed by atoms with Crippen molar-refractivity contribution in [3.05, 3.63) is 59.7 Å². The normalized spacial score (nSPS) is 12.2. The highest BCUT2D eigenvalue weighted by Gasteiger charge is 2.09. The molecule has 1 aromatic heterocycles. The van der Waals surface area contributed by atoms with Crippen LogP contribution in [0.2, 0.25) is 0 Å². The molecular weight excluding hydrogens is 243 g/mol. The Hall–Kier alpha value is -1.94. The minimum absolute atomic E-state index is 0.0561. The molecule has 0 fully saturated rings. The zero-order chi connectivity index (χ0) is 13.7. The number of nitrogens with one attached hydrogen (secondary N) is 1. The van der Waals surface area contributed by atoms with E-state index in [0.29, 0.717) is 6.54 Å². The summed E-state index contributed by atoms with van der Waals surface area (Å²) in [5.74, 6) is -0.0711. The lowest BCUT2D eigenvalue weighted by Crippen LogP contribution is -2.18. The van der Waals surface area contributed by atoms with Crippen LogP contribution in [-0.4, -0.2) is 12.1 Å². The third-order valence-electron chi connectivity index (χ3n) is 3.01. The first-order valence-electron chi connectivity index (χ1n) is 6.16. The van der Waals surface area contributed by atoms with Crippen molar-refractivity contribution in [2.45, 2.75) is 19.5 Å². The summed E-state index contributed by atoms with van der Waals surface area (Å²) in [5, 5.41) is 3.33. The third-order valence-corrected chi connectivity index (χ3v) is 3.01. The molecule has 0 aliphatic rings. The molecule has 3 nitrogen and oxygen atoms in total. The number of halogens is 1. The van der Waals surface area contributed by atoms with Crippen molar-refractivity contribution in [3.8, 4) is 5.75 Å². The summed E-state index contributed by atoms with van der Waals surface area (Å²) in [6, 6.07) is 8.96. The van der Waals surface area contributed by atoms with Crippen molar-refractivity contribution in [2.24, 2.45) is 0 Å². The van der Waals surface area contributed by atoms with Crippen molar-refractivity contribution < 1.29 is 9.13 Å². The highest BCUT2D eigenvalue weighted by Crippen LogP contribution is 2.21. The van der Waals surface area contributed by atoms with Crippen molar-refractivity contribution >= 4 is 0 Å². The lowest BCUT2D eigenvalue weighted by molar-refractivity contribution is 0.385. The van der Waals surface area contributed by atoms with Gasteiger partial charge in [0, 0.05) is 25.0 Å². The van der Waals surface area contributed by atoms with E-state index >= 15 is 0 Å².